The minimum atomic E-state index is 0.289. The molecule has 0 aromatic carbocycles. The molecular weight excluding hydrogens is 148 g/mol. The van der Waals surface area contributed by atoms with Gasteiger partial charge in [0.1, 0.15) is 0 Å². The van der Waals surface area contributed by atoms with E-state index >= 15 is 0 Å². The fraction of sp³-hybridized carbons (Fsp3) is 0.727. The Morgan fingerprint density at radius 3 is 2.50 bits per heavy atom. The van der Waals surface area contributed by atoms with Crippen LogP contribution in [0.3, 0.4) is 0 Å². The lowest BCUT2D eigenvalue weighted by Crippen LogP contribution is -1.91. The summed E-state index contributed by atoms with van der Waals surface area (Å²) < 4.78 is 0. The van der Waals surface area contributed by atoms with E-state index in [0.29, 0.717) is 0 Å². The number of ketones is 1. The minimum absolute atomic E-state index is 0.289. The number of carbonyl (C=O) groups excluding carboxylic acids is 1. The van der Waals surface area contributed by atoms with Crippen LogP contribution in [0.4, 0.5) is 0 Å². The molecule has 0 atom stereocenters. The first kappa shape index (κ1) is 11.4. The first-order valence-corrected chi connectivity index (χ1v) is 5.00. The van der Waals surface area contributed by atoms with Crippen LogP contribution in [-0.2, 0) is 4.79 Å². The quantitative estimate of drug-likeness (QED) is 0.420. The maximum atomic E-state index is 11.1. The molecule has 0 fully saturated rings. The highest BCUT2D eigenvalue weighted by atomic mass is 16.1. The fourth-order valence-corrected chi connectivity index (χ4v) is 1.01. The minimum Gasteiger partial charge on any atom is -0.295 e. The molecular formula is C11H20O. The Morgan fingerprint density at radius 2 is 1.92 bits per heavy atom. The lowest BCUT2D eigenvalue weighted by atomic mass is 10.1. The summed E-state index contributed by atoms with van der Waals surface area (Å²) >= 11 is 0. The maximum Gasteiger partial charge on any atom is 0.155 e. The lowest BCUT2D eigenvalue weighted by Gasteiger charge is -1.93. The summed E-state index contributed by atoms with van der Waals surface area (Å²) in [5.74, 6) is 0.289. The normalized spacial score (nSPS) is 10.8. The number of rotatable bonds is 7. The molecule has 70 valence electrons. The van der Waals surface area contributed by atoms with Crippen molar-refractivity contribution in [3.05, 3.63) is 12.2 Å². The third-order valence-electron chi connectivity index (χ3n) is 1.79. The Labute approximate surface area is 75.9 Å². The fourth-order valence-electron chi connectivity index (χ4n) is 1.01. The standard InChI is InChI=1S/C11H20O/c1-3-5-7-9-11(12)10-8-6-4-2/h7,9H,3-6,8,10H2,1-2H3/b9-7+. The van der Waals surface area contributed by atoms with Crippen molar-refractivity contribution in [1.82, 2.24) is 0 Å². The van der Waals surface area contributed by atoms with Crippen molar-refractivity contribution >= 4 is 5.78 Å². The molecule has 0 saturated heterocycles. The number of allylic oxidation sites excluding steroid dienone is 2. The van der Waals surface area contributed by atoms with E-state index in [1.165, 1.54) is 12.8 Å². The van der Waals surface area contributed by atoms with Crippen molar-refractivity contribution in [2.75, 3.05) is 0 Å². The van der Waals surface area contributed by atoms with Crippen LogP contribution in [0.15, 0.2) is 12.2 Å². The highest BCUT2D eigenvalue weighted by Gasteiger charge is 1.94. The van der Waals surface area contributed by atoms with Crippen molar-refractivity contribution in [2.24, 2.45) is 0 Å². The molecule has 0 aromatic heterocycles. The first-order chi connectivity index (χ1) is 5.81. The molecule has 0 N–H and O–H groups in total. The summed E-state index contributed by atoms with van der Waals surface area (Å²) in [6, 6.07) is 0. The number of unbranched alkanes of at least 4 members (excludes halogenated alkanes) is 3. The largest absolute Gasteiger partial charge is 0.295 e. The Hall–Kier alpha value is -0.590. The zero-order chi connectivity index (χ0) is 9.23. The van der Waals surface area contributed by atoms with Crippen LogP contribution in [0.2, 0.25) is 0 Å². The molecule has 12 heavy (non-hydrogen) atoms. The van der Waals surface area contributed by atoms with E-state index in [0.717, 1.165) is 25.7 Å². The van der Waals surface area contributed by atoms with Crippen LogP contribution < -0.4 is 0 Å². The first-order valence-electron chi connectivity index (χ1n) is 5.00. The molecule has 0 aromatic rings. The predicted molar refractivity (Wildman–Crippen MR) is 53.2 cm³/mol. The molecule has 1 heteroatoms. The van der Waals surface area contributed by atoms with Gasteiger partial charge >= 0.3 is 0 Å². The zero-order valence-electron chi connectivity index (χ0n) is 8.31. The Morgan fingerprint density at radius 1 is 1.17 bits per heavy atom. The molecule has 0 rings (SSSR count). The van der Waals surface area contributed by atoms with Crippen molar-refractivity contribution in [3.63, 3.8) is 0 Å². The molecule has 0 heterocycles. The second kappa shape index (κ2) is 8.51. The van der Waals surface area contributed by atoms with Crippen molar-refractivity contribution < 1.29 is 4.79 Å². The van der Waals surface area contributed by atoms with Crippen LogP contribution >= 0.6 is 0 Å². The van der Waals surface area contributed by atoms with Gasteiger partial charge in [0.25, 0.3) is 0 Å². The molecule has 1 nitrogen and oxygen atoms in total. The third-order valence-corrected chi connectivity index (χ3v) is 1.79. The van der Waals surface area contributed by atoms with Gasteiger partial charge in [-0.15, -0.1) is 0 Å². The molecule has 0 saturated carbocycles. The zero-order valence-corrected chi connectivity index (χ0v) is 8.31. The smallest absolute Gasteiger partial charge is 0.155 e. The van der Waals surface area contributed by atoms with Crippen molar-refractivity contribution in [1.29, 1.82) is 0 Å². The monoisotopic (exact) mass is 168 g/mol. The van der Waals surface area contributed by atoms with Gasteiger partial charge in [0.15, 0.2) is 5.78 Å². The van der Waals surface area contributed by atoms with E-state index in [1.807, 2.05) is 6.08 Å². The second-order valence-electron chi connectivity index (χ2n) is 3.11. The topological polar surface area (TPSA) is 17.1 Å². The van der Waals surface area contributed by atoms with Gasteiger partial charge in [-0.3, -0.25) is 4.79 Å². The van der Waals surface area contributed by atoms with Gasteiger partial charge < -0.3 is 0 Å². The van der Waals surface area contributed by atoms with Crippen LogP contribution in [-0.4, -0.2) is 5.78 Å². The molecule has 0 bridgehead atoms. The molecule has 0 aliphatic rings. The number of carbonyl (C=O) groups is 1. The predicted octanol–water partition coefficient (Wildman–Crippen LogP) is 3.49. The molecule has 0 radical (unpaired) electrons. The Kier molecular flexibility index (Phi) is 8.09. The van der Waals surface area contributed by atoms with E-state index in [4.69, 9.17) is 0 Å². The summed E-state index contributed by atoms with van der Waals surface area (Å²) in [6.45, 7) is 4.27. The van der Waals surface area contributed by atoms with Gasteiger partial charge in [-0.25, -0.2) is 0 Å². The van der Waals surface area contributed by atoms with Gasteiger partial charge in [0.2, 0.25) is 0 Å². The third kappa shape index (κ3) is 7.52. The summed E-state index contributed by atoms with van der Waals surface area (Å²) in [7, 11) is 0. The van der Waals surface area contributed by atoms with Crippen molar-refractivity contribution in [3.8, 4) is 0 Å². The molecule has 0 aliphatic carbocycles. The van der Waals surface area contributed by atoms with E-state index in [2.05, 4.69) is 13.8 Å². The van der Waals surface area contributed by atoms with Crippen LogP contribution in [0.1, 0.15) is 52.4 Å². The molecule has 0 amide bonds. The van der Waals surface area contributed by atoms with Gasteiger partial charge in [0.05, 0.1) is 0 Å². The second-order valence-corrected chi connectivity index (χ2v) is 3.11. The molecule has 0 spiro atoms. The number of hydrogen-bond donors (Lipinski definition) is 0. The Bertz CT molecular complexity index is 136. The van der Waals surface area contributed by atoms with Crippen LogP contribution in [0.5, 0.6) is 0 Å². The van der Waals surface area contributed by atoms with E-state index in [1.54, 1.807) is 6.08 Å². The average molecular weight is 168 g/mol. The summed E-state index contributed by atoms with van der Waals surface area (Å²) in [4.78, 5) is 11.1. The van der Waals surface area contributed by atoms with E-state index in [9.17, 15) is 4.79 Å². The maximum absolute atomic E-state index is 11.1. The highest BCUT2D eigenvalue weighted by Crippen LogP contribution is 2.00. The van der Waals surface area contributed by atoms with Gasteiger partial charge in [-0.2, -0.15) is 0 Å². The highest BCUT2D eigenvalue weighted by molar-refractivity contribution is 5.89. The van der Waals surface area contributed by atoms with E-state index < -0.39 is 0 Å². The summed E-state index contributed by atoms with van der Waals surface area (Å²) in [6.07, 6.45) is 10.0. The molecule has 0 aliphatic heterocycles. The van der Waals surface area contributed by atoms with Crippen molar-refractivity contribution in [2.45, 2.75) is 52.4 Å². The van der Waals surface area contributed by atoms with Gasteiger partial charge in [-0.05, 0) is 18.9 Å². The summed E-state index contributed by atoms with van der Waals surface area (Å²) in [5, 5.41) is 0. The Balaban J connectivity index is 3.33. The van der Waals surface area contributed by atoms with Gasteiger partial charge in [-0.1, -0.05) is 39.2 Å². The lowest BCUT2D eigenvalue weighted by molar-refractivity contribution is -0.114. The molecule has 0 unspecified atom stereocenters. The summed E-state index contributed by atoms with van der Waals surface area (Å²) in [5.41, 5.74) is 0. The SMILES string of the molecule is CCC/C=C/C(=O)CCCCC. The van der Waals surface area contributed by atoms with Crippen LogP contribution in [0.25, 0.3) is 0 Å². The number of hydrogen-bond acceptors (Lipinski definition) is 1. The van der Waals surface area contributed by atoms with Gasteiger partial charge in [0, 0.05) is 6.42 Å². The van der Waals surface area contributed by atoms with E-state index in [-0.39, 0.29) is 5.78 Å². The average Bonchev–Trinajstić information content (AvgIpc) is 2.06. The van der Waals surface area contributed by atoms with Crippen LogP contribution in [0, 0.1) is 0 Å².